The molecule has 2 aromatic carbocycles. The molecule has 0 unspecified atom stereocenters. The first-order valence-electron chi connectivity index (χ1n) is 12.0. The van der Waals surface area contributed by atoms with Gasteiger partial charge < -0.3 is 25.0 Å². The van der Waals surface area contributed by atoms with Gasteiger partial charge in [-0.3, -0.25) is 14.4 Å². The van der Waals surface area contributed by atoms with Crippen LogP contribution in [0, 0.1) is 12.8 Å². The lowest BCUT2D eigenvalue weighted by Gasteiger charge is -2.36. The second-order valence-corrected chi connectivity index (χ2v) is 8.82. The van der Waals surface area contributed by atoms with E-state index in [1.807, 2.05) is 19.1 Å². The fourth-order valence-corrected chi connectivity index (χ4v) is 4.32. The molecular weight excluding hydrogens is 446 g/mol. The van der Waals surface area contributed by atoms with Crippen molar-refractivity contribution in [3.8, 4) is 5.75 Å². The molecule has 1 fully saturated rings. The molecule has 1 saturated heterocycles. The Balaban J connectivity index is 1.67. The molecule has 8 nitrogen and oxygen atoms in total. The second kappa shape index (κ2) is 12.9. The molecule has 35 heavy (non-hydrogen) atoms. The summed E-state index contributed by atoms with van der Waals surface area (Å²) in [5, 5.41) is 5.89. The maximum atomic E-state index is 13.1. The van der Waals surface area contributed by atoms with Gasteiger partial charge in [-0.15, -0.1) is 0 Å². The fraction of sp³-hybridized carbons (Fsp3) is 0.444. The van der Waals surface area contributed by atoms with E-state index in [0.717, 1.165) is 5.56 Å². The van der Waals surface area contributed by atoms with E-state index in [-0.39, 0.29) is 23.6 Å². The van der Waals surface area contributed by atoms with Gasteiger partial charge in [0.1, 0.15) is 11.8 Å². The Kier molecular flexibility index (Phi) is 9.66. The molecule has 1 heterocycles. The van der Waals surface area contributed by atoms with Gasteiger partial charge in [0, 0.05) is 44.5 Å². The molecule has 2 N–H and O–H groups in total. The van der Waals surface area contributed by atoms with Crippen LogP contribution in [0.25, 0.3) is 0 Å². The number of hydrogen-bond acceptors (Lipinski definition) is 5. The number of carbonyl (C=O) groups excluding carboxylic acids is 3. The average Bonchev–Trinajstić information content (AvgIpc) is 2.89. The lowest BCUT2D eigenvalue weighted by atomic mass is 9.88. The third-order valence-electron chi connectivity index (χ3n) is 6.29. The summed E-state index contributed by atoms with van der Waals surface area (Å²) in [7, 11) is 3.19. The van der Waals surface area contributed by atoms with Crippen LogP contribution in [0.1, 0.15) is 45.5 Å². The van der Waals surface area contributed by atoms with Crippen LogP contribution in [0.5, 0.6) is 5.75 Å². The first-order chi connectivity index (χ1) is 16.9. The first kappa shape index (κ1) is 26.2. The average molecular weight is 482 g/mol. The molecule has 188 valence electrons. The summed E-state index contributed by atoms with van der Waals surface area (Å²) < 4.78 is 10.3. The molecule has 1 aliphatic heterocycles. The highest BCUT2D eigenvalue weighted by Crippen LogP contribution is 2.24. The second-order valence-electron chi connectivity index (χ2n) is 8.82. The molecule has 3 amide bonds. The van der Waals surface area contributed by atoms with Crippen LogP contribution in [-0.2, 0) is 9.53 Å². The quantitative estimate of drug-likeness (QED) is 0.509. The van der Waals surface area contributed by atoms with Gasteiger partial charge in [0.25, 0.3) is 11.8 Å². The lowest BCUT2D eigenvalue weighted by molar-refractivity contribution is -0.124. The number of methoxy groups -OCH3 is 2. The minimum Gasteiger partial charge on any atom is -0.497 e. The van der Waals surface area contributed by atoms with E-state index in [2.05, 4.69) is 10.6 Å². The third-order valence-corrected chi connectivity index (χ3v) is 6.29. The zero-order chi connectivity index (χ0) is 25.2. The van der Waals surface area contributed by atoms with Crippen molar-refractivity contribution < 1.29 is 23.9 Å². The monoisotopic (exact) mass is 481 g/mol. The normalized spacial score (nSPS) is 14.8. The van der Waals surface area contributed by atoms with Crippen molar-refractivity contribution in [3.63, 3.8) is 0 Å². The maximum Gasteiger partial charge on any atom is 0.253 e. The Morgan fingerprint density at radius 3 is 2.43 bits per heavy atom. The number of likely N-dealkylation sites (tertiary alicyclic amines) is 1. The van der Waals surface area contributed by atoms with Crippen LogP contribution in [0.15, 0.2) is 48.5 Å². The summed E-state index contributed by atoms with van der Waals surface area (Å²) in [5.41, 5.74) is 2.07. The van der Waals surface area contributed by atoms with Gasteiger partial charge in [0.15, 0.2) is 0 Å². The molecule has 0 radical (unpaired) electrons. The molecule has 0 saturated carbocycles. The van der Waals surface area contributed by atoms with Crippen LogP contribution in [0.2, 0.25) is 0 Å². The van der Waals surface area contributed by atoms with E-state index in [0.29, 0.717) is 62.4 Å². The summed E-state index contributed by atoms with van der Waals surface area (Å²) in [5.74, 6) is 0.00219. The number of carbonyl (C=O) groups is 3. The predicted octanol–water partition coefficient (Wildman–Crippen LogP) is 2.81. The molecule has 0 bridgehead atoms. The number of rotatable bonds is 10. The van der Waals surface area contributed by atoms with Crippen molar-refractivity contribution in [2.24, 2.45) is 5.92 Å². The van der Waals surface area contributed by atoms with Crippen molar-refractivity contribution in [1.29, 1.82) is 0 Å². The Morgan fingerprint density at radius 2 is 1.74 bits per heavy atom. The molecule has 1 aliphatic rings. The zero-order valence-electron chi connectivity index (χ0n) is 20.7. The summed E-state index contributed by atoms with van der Waals surface area (Å²) in [6, 6.07) is 13.7. The largest absolute Gasteiger partial charge is 0.497 e. The van der Waals surface area contributed by atoms with E-state index < -0.39 is 6.04 Å². The van der Waals surface area contributed by atoms with Crippen LogP contribution >= 0.6 is 0 Å². The molecule has 1 atom stereocenters. The maximum absolute atomic E-state index is 13.1. The molecular formula is C27H35N3O5. The highest BCUT2D eigenvalue weighted by atomic mass is 16.5. The van der Waals surface area contributed by atoms with Crippen LogP contribution < -0.4 is 15.4 Å². The minimum atomic E-state index is -0.681. The van der Waals surface area contributed by atoms with Crippen molar-refractivity contribution in [3.05, 3.63) is 65.2 Å². The van der Waals surface area contributed by atoms with Gasteiger partial charge in [-0.05, 0) is 62.4 Å². The molecule has 8 heteroatoms. The molecule has 0 aromatic heterocycles. The topological polar surface area (TPSA) is 97.0 Å². The summed E-state index contributed by atoms with van der Waals surface area (Å²) in [6.07, 6.45) is 1.91. The van der Waals surface area contributed by atoms with Gasteiger partial charge in [0.2, 0.25) is 5.91 Å². The highest BCUT2D eigenvalue weighted by Gasteiger charge is 2.34. The molecule has 0 aliphatic carbocycles. The predicted molar refractivity (Wildman–Crippen MR) is 134 cm³/mol. The van der Waals surface area contributed by atoms with E-state index in [1.54, 1.807) is 55.5 Å². The van der Waals surface area contributed by atoms with Crippen molar-refractivity contribution in [2.45, 2.75) is 32.2 Å². The Hall–Kier alpha value is -3.39. The number of hydrogen-bond donors (Lipinski definition) is 2. The number of nitrogens with zero attached hydrogens (tertiary/aromatic N) is 1. The highest BCUT2D eigenvalue weighted by molar-refractivity contribution is 5.98. The van der Waals surface area contributed by atoms with Gasteiger partial charge in [-0.25, -0.2) is 0 Å². The Morgan fingerprint density at radius 1 is 1.03 bits per heavy atom. The Labute approximate surface area is 207 Å². The van der Waals surface area contributed by atoms with E-state index in [1.165, 1.54) is 0 Å². The summed E-state index contributed by atoms with van der Waals surface area (Å²) >= 11 is 0. The van der Waals surface area contributed by atoms with Crippen LogP contribution in [0.3, 0.4) is 0 Å². The Bertz CT molecular complexity index is 1020. The number of piperidine rings is 1. The minimum absolute atomic E-state index is 0.0632. The van der Waals surface area contributed by atoms with Crippen molar-refractivity contribution >= 4 is 17.7 Å². The van der Waals surface area contributed by atoms with Crippen LogP contribution in [0.4, 0.5) is 0 Å². The smallest absolute Gasteiger partial charge is 0.253 e. The van der Waals surface area contributed by atoms with Crippen molar-refractivity contribution in [2.75, 3.05) is 40.5 Å². The molecule has 2 aromatic rings. The van der Waals surface area contributed by atoms with E-state index in [4.69, 9.17) is 9.47 Å². The number of amides is 3. The molecule has 3 rings (SSSR count). The molecule has 0 spiro atoms. The van der Waals surface area contributed by atoms with Crippen LogP contribution in [-0.4, -0.2) is 69.1 Å². The first-order valence-corrected chi connectivity index (χ1v) is 12.0. The zero-order valence-corrected chi connectivity index (χ0v) is 20.7. The van der Waals surface area contributed by atoms with E-state index >= 15 is 0 Å². The SMILES string of the molecule is COCCCNC(=O)[C@H](NC(=O)c1cccc(C)c1)C1CCN(C(=O)c2cccc(OC)c2)CC1. The summed E-state index contributed by atoms with van der Waals surface area (Å²) in [6.45, 7) is 3.96. The van der Waals surface area contributed by atoms with Gasteiger partial charge >= 0.3 is 0 Å². The third kappa shape index (κ3) is 7.29. The number of aryl methyl sites for hydroxylation is 1. The number of benzene rings is 2. The van der Waals surface area contributed by atoms with Gasteiger partial charge in [-0.1, -0.05) is 23.8 Å². The number of nitrogens with one attached hydrogen (secondary N) is 2. The lowest BCUT2D eigenvalue weighted by Crippen LogP contribution is -2.54. The van der Waals surface area contributed by atoms with E-state index in [9.17, 15) is 14.4 Å². The van der Waals surface area contributed by atoms with Crippen molar-refractivity contribution in [1.82, 2.24) is 15.5 Å². The standard InChI is InChI=1S/C27H35N3O5/c1-19-7-4-8-21(17-19)25(31)29-24(26(32)28-13-6-16-34-2)20-11-14-30(15-12-20)27(33)22-9-5-10-23(18-22)35-3/h4-5,7-10,17-18,20,24H,6,11-16H2,1-3H3,(H,28,32)(H,29,31)/t24-/m1/s1. The van der Waals surface area contributed by atoms with Gasteiger partial charge in [0.05, 0.1) is 7.11 Å². The fourth-order valence-electron chi connectivity index (χ4n) is 4.32. The summed E-state index contributed by atoms with van der Waals surface area (Å²) in [4.78, 5) is 40.8. The van der Waals surface area contributed by atoms with Gasteiger partial charge in [-0.2, -0.15) is 0 Å². The number of ether oxygens (including phenoxy) is 2.